The monoisotopic (exact) mass is 320 g/mol. The van der Waals surface area contributed by atoms with Gasteiger partial charge in [0.2, 0.25) is 0 Å². The Bertz CT molecular complexity index is 763. The molecule has 0 unspecified atom stereocenters. The van der Waals surface area contributed by atoms with Gasteiger partial charge in [-0.05, 0) is 36.8 Å². The minimum absolute atomic E-state index is 0.0275. The maximum Gasteiger partial charge on any atom is 0.314 e. The Morgan fingerprint density at radius 2 is 1.65 bits per heavy atom. The van der Waals surface area contributed by atoms with Crippen molar-refractivity contribution < 1.29 is 23.1 Å². The summed E-state index contributed by atoms with van der Waals surface area (Å²) in [5.41, 5.74) is 1.17. The van der Waals surface area contributed by atoms with Gasteiger partial charge in [-0.25, -0.2) is 8.78 Å². The van der Waals surface area contributed by atoms with Crippen molar-refractivity contribution in [3.63, 3.8) is 0 Å². The van der Waals surface area contributed by atoms with E-state index < -0.39 is 23.4 Å². The number of amides is 2. The van der Waals surface area contributed by atoms with Gasteiger partial charge in [-0.2, -0.15) is 0 Å². The van der Waals surface area contributed by atoms with Gasteiger partial charge in [0.25, 0.3) is 0 Å². The lowest BCUT2D eigenvalue weighted by atomic mass is 10.2. The molecule has 0 heterocycles. The number of benzene rings is 2. The molecule has 0 fully saturated rings. The predicted octanol–water partition coefficient (Wildman–Crippen LogP) is 2.86. The van der Waals surface area contributed by atoms with Crippen LogP contribution < -0.4 is 15.4 Å². The van der Waals surface area contributed by atoms with E-state index in [4.69, 9.17) is 4.74 Å². The fourth-order valence-electron chi connectivity index (χ4n) is 1.86. The van der Waals surface area contributed by atoms with Crippen LogP contribution in [0.1, 0.15) is 5.56 Å². The van der Waals surface area contributed by atoms with Gasteiger partial charge in [0, 0.05) is 11.8 Å². The maximum atomic E-state index is 13.1. The van der Waals surface area contributed by atoms with Crippen molar-refractivity contribution in [3.8, 4) is 5.75 Å². The maximum absolute atomic E-state index is 13.1. The van der Waals surface area contributed by atoms with Crippen molar-refractivity contribution in [1.29, 1.82) is 0 Å². The molecule has 0 spiro atoms. The molecule has 2 N–H and O–H groups in total. The minimum atomic E-state index is -1.12. The van der Waals surface area contributed by atoms with E-state index in [9.17, 15) is 18.4 Å². The zero-order chi connectivity index (χ0) is 17.0. The summed E-state index contributed by atoms with van der Waals surface area (Å²) in [5.74, 6) is -3.75. The Morgan fingerprint density at radius 1 is 0.957 bits per heavy atom. The molecule has 2 aromatic carbocycles. The quantitative estimate of drug-likeness (QED) is 0.855. The summed E-state index contributed by atoms with van der Waals surface area (Å²) in [7, 11) is 1.43. The van der Waals surface area contributed by atoms with Crippen LogP contribution in [0.3, 0.4) is 0 Å². The molecule has 0 aliphatic rings. The first-order valence-corrected chi connectivity index (χ1v) is 6.62. The molecule has 0 radical (unpaired) electrons. The third kappa shape index (κ3) is 4.03. The van der Waals surface area contributed by atoms with Crippen LogP contribution in [0, 0.1) is 18.6 Å². The second-order valence-electron chi connectivity index (χ2n) is 4.74. The van der Waals surface area contributed by atoms with Crippen molar-refractivity contribution in [2.45, 2.75) is 6.92 Å². The molecular weight excluding hydrogens is 306 g/mol. The molecule has 23 heavy (non-hydrogen) atoms. The zero-order valence-electron chi connectivity index (χ0n) is 12.4. The van der Waals surface area contributed by atoms with Crippen LogP contribution in [0.15, 0.2) is 36.4 Å². The highest BCUT2D eigenvalue weighted by Crippen LogP contribution is 2.25. The van der Waals surface area contributed by atoms with E-state index in [1.165, 1.54) is 7.11 Å². The van der Waals surface area contributed by atoms with E-state index >= 15 is 0 Å². The normalized spacial score (nSPS) is 10.1. The van der Waals surface area contributed by atoms with Crippen molar-refractivity contribution in [3.05, 3.63) is 53.6 Å². The number of hydrogen-bond donors (Lipinski definition) is 2. The van der Waals surface area contributed by atoms with Crippen molar-refractivity contribution >= 4 is 23.2 Å². The summed E-state index contributed by atoms with van der Waals surface area (Å²) in [6, 6.07) is 7.87. The predicted molar refractivity (Wildman–Crippen MR) is 81.3 cm³/mol. The number of methoxy groups -OCH3 is 1. The number of aryl methyl sites for hydroxylation is 1. The van der Waals surface area contributed by atoms with E-state index in [0.717, 1.165) is 23.8 Å². The van der Waals surface area contributed by atoms with Gasteiger partial charge >= 0.3 is 11.8 Å². The summed E-state index contributed by atoms with van der Waals surface area (Å²) in [6.07, 6.45) is 0. The Hall–Kier alpha value is -2.96. The molecule has 2 aromatic rings. The SMILES string of the molecule is COc1ccc(C)cc1NC(=O)C(=O)Nc1ccc(F)c(F)c1. The highest BCUT2D eigenvalue weighted by Gasteiger charge is 2.17. The molecule has 2 amide bonds. The molecule has 0 aliphatic carbocycles. The van der Waals surface area contributed by atoms with Gasteiger partial charge in [-0.3, -0.25) is 9.59 Å². The van der Waals surface area contributed by atoms with Gasteiger partial charge in [0.05, 0.1) is 12.8 Å². The van der Waals surface area contributed by atoms with E-state index in [2.05, 4.69) is 10.6 Å². The molecule has 0 saturated carbocycles. The molecule has 2 rings (SSSR count). The fourth-order valence-corrected chi connectivity index (χ4v) is 1.86. The zero-order valence-corrected chi connectivity index (χ0v) is 12.4. The van der Waals surface area contributed by atoms with Crippen molar-refractivity contribution in [2.24, 2.45) is 0 Å². The number of anilines is 2. The van der Waals surface area contributed by atoms with E-state index in [1.54, 1.807) is 18.2 Å². The standard InChI is InChI=1S/C16H14F2N2O3/c1-9-3-6-14(23-2)13(7-9)20-16(22)15(21)19-10-4-5-11(17)12(18)8-10/h3-8H,1-2H3,(H,19,21)(H,20,22). The summed E-state index contributed by atoms with van der Waals surface area (Å²) in [6.45, 7) is 1.82. The van der Waals surface area contributed by atoms with Crippen molar-refractivity contribution in [2.75, 3.05) is 17.7 Å². The lowest BCUT2D eigenvalue weighted by Crippen LogP contribution is -2.29. The van der Waals surface area contributed by atoms with Crippen LogP contribution in [0.4, 0.5) is 20.2 Å². The molecule has 0 saturated heterocycles. The third-order valence-corrected chi connectivity index (χ3v) is 2.99. The average molecular weight is 320 g/mol. The number of carbonyl (C=O) groups is 2. The number of ether oxygens (including phenoxy) is 1. The van der Waals surface area contributed by atoms with Crippen LogP contribution in [-0.2, 0) is 9.59 Å². The molecule has 0 atom stereocenters. The largest absolute Gasteiger partial charge is 0.495 e. The molecule has 0 bridgehead atoms. The van der Waals surface area contributed by atoms with Gasteiger partial charge in [0.15, 0.2) is 11.6 Å². The van der Waals surface area contributed by atoms with E-state index in [1.807, 2.05) is 6.92 Å². The molecule has 0 aliphatic heterocycles. The van der Waals surface area contributed by atoms with Gasteiger partial charge in [0.1, 0.15) is 5.75 Å². The highest BCUT2D eigenvalue weighted by atomic mass is 19.2. The molecule has 120 valence electrons. The summed E-state index contributed by atoms with van der Waals surface area (Å²) in [5, 5.41) is 4.59. The summed E-state index contributed by atoms with van der Waals surface area (Å²) < 4.78 is 31.0. The van der Waals surface area contributed by atoms with Crippen molar-refractivity contribution in [1.82, 2.24) is 0 Å². The Morgan fingerprint density at radius 3 is 2.30 bits per heavy atom. The topological polar surface area (TPSA) is 67.4 Å². The minimum Gasteiger partial charge on any atom is -0.495 e. The van der Waals surface area contributed by atoms with Gasteiger partial charge < -0.3 is 15.4 Å². The van der Waals surface area contributed by atoms with Crippen LogP contribution in [0.5, 0.6) is 5.75 Å². The second-order valence-corrected chi connectivity index (χ2v) is 4.74. The summed E-state index contributed by atoms with van der Waals surface area (Å²) >= 11 is 0. The van der Waals surface area contributed by atoms with Crippen LogP contribution in [-0.4, -0.2) is 18.9 Å². The number of nitrogens with one attached hydrogen (secondary N) is 2. The summed E-state index contributed by atoms with van der Waals surface area (Å²) in [4.78, 5) is 23.7. The molecular formula is C16H14F2N2O3. The molecule has 5 nitrogen and oxygen atoms in total. The van der Waals surface area contributed by atoms with E-state index in [0.29, 0.717) is 11.4 Å². The molecule has 7 heteroatoms. The Balaban J connectivity index is 2.10. The van der Waals surface area contributed by atoms with Crippen LogP contribution >= 0.6 is 0 Å². The Kier molecular flexibility index (Phi) is 4.90. The average Bonchev–Trinajstić information content (AvgIpc) is 2.51. The first kappa shape index (κ1) is 16.4. The fraction of sp³-hybridized carbons (Fsp3) is 0.125. The lowest BCUT2D eigenvalue weighted by molar-refractivity contribution is -0.133. The number of carbonyl (C=O) groups excluding carboxylic acids is 2. The number of hydrogen-bond acceptors (Lipinski definition) is 3. The second kappa shape index (κ2) is 6.87. The smallest absolute Gasteiger partial charge is 0.314 e. The van der Waals surface area contributed by atoms with Crippen LogP contribution in [0.25, 0.3) is 0 Å². The number of rotatable bonds is 3. The third-order valence-electron chi connectivity index (χ3n) is 2.99. The van der Waals surface area contributed by atoms with Crippen LogP contribution in [0.2, 0.25) is 0 Å². The first-order chi connectivity index (χ1) is 10.9. The van der Waals surface area contributed by atoms with E-state index in [-0.39, 0.29) is 5.69 Å². The van der Waals surface area contributed by atoms with Gasteiger partial charge in [-0.15, -0.1) is 0 Å². The number of halogens is 2. The van der Waals surface area contributed by atoms with Gasteiger partial charge in [-0.1, -0.05) is 6.07 Å². The lowest BCUT2D eigenvalue weighted by Gasteiger charge is -2.11. The Labute approximate surface area is 131 Å². The highest BCUT2D eigenvalue weighted by molar-refractivity contribution is 6.43. The molecule has 0 aromatic heterocycles. The first-order valence-electron chi connectivity index (χ1n) is 6.62.